The van der Waals surface area contributed by atoms with Gasteiger partial charge in [0.25, 0.3) is 0 Å². The van der Waals surface area contributed by atoms with Gasteiger partial charge in [0.1, 0.15) is 17.6 Å². The van der Waals surface area contributed by atoms with E-state index < -0.39 is 0 Å². The third kappa shape index (κ3) is 2.73. The molecular formula is C14H19N3O. The Morgan fingerprint density at radius 1 is 1.56 bits per heavy atom. The number of anilines is 1. The lowest BCUT2D eigenvalue weighted by Gasteiger charge is -2.20. The molecule has 0 atom stereocenters. The summed E-state index contributed by atoms with van der Waals surface area (Å²) in [5.41, 5.74) is 1.05. The van der Waals surface area contributed by atoms with Crippen molar-refractivity contribution < 1.29 is 4.74 Å². The van der Waals surface area contributed by atoms with Gasteiger partial charge < -0.3 is 9.64 Å². The van der Waals surface area contributed by atoms with Crippen LogP contribution in [0.1, 0.15) is 38.2 Å². The molecule has 4 heteroatoms. The van der Waals surface area contributed by atoms with Crippen LogP contribution in [0.15, 0.2) is 12.3 Å². The summed E-state index contributed by atoms with van der Waals surface area (Å²) in [7, 11) is 2.06. The van der Waals surface area contributed by atoms with Crippen LogP contribution in [0.3, 0.4) is 0 Å². The van der Waals surface area contributed by atoms with Crippen LogP contribution < -0.4 is 9.64 Å². The second-order valence-electron chi connectivity index (χ2n) is 5.02. The number of rotatable bonds is 5. The molecule has 1 aromatic heterocycles. The van der Waals surface area contributed by atoms with Gasteiger partial charge in [-0.2, -0.15) is 5.26 Å². The van der Waals surface area contributed by atoms with Crippen LogP contribution in [0.2, 0.25) is 0 Å². The molecule has 1 saturated carbocycles. The van der Waals surface area contributed by atoms with Crippen molar-refractivity contribution in [1.29, 1.82) is 5.26 Å². The third-order valence-corrected chi connectivity index (χ3v) is 3.25. The first-order chi connectivity index (χ1) is 8.63. The van der Waals surface area contributed by atoms with Crippen LogP contribution in [0.25, 0.3) is 0 Å². The van der Waals surface area contributed by atoms with Gasteiger partial charge in [0.15, 0.2) is 6.61 Å². The van der Waals surface area contributed by atoms with Crippen molar-refractivity contribution in [3.8, 4) is 11.8 Å². The molecule has 18 heavy (non-hydrogen) atoms. The molecule has 0 bridgehead atoms. The molecule has 1 aliphatic rings. The van der Waals surface area contributed by atoms with E-state index in [0.717, 1.165) is 17.1 Å². The van der Waals surface area contributed by atoms with Gasteiger partial charge in [-0.15, -0.1) is 0 Å². The highest BCUT2D eigenvalue weighted by Gasteiger charge is 2.27. The van der Waals surface area contributed by atoms with Crippen molar-refractivity contribution in [3.05, 3.63) is 17.8 Å². The van der Waals surface area contributed by atoms with Crippen molar-refractivity contribution in [2.75, 3.05) is 18.6 Å². The predicted octanol–water partition coefficient (Wildman–Crippen LogP) is 2.71. The lowest BCUT2D eigenvalue weighted by Crippen LogP contribution is -2.20. The number of hydrogen-bond donors (Lipinski definition) is 0. The van der Waals surface area contributed by atoms with Crippen molar-refractivity contribution >= 4 is 5.82 Å². The number of nitriles is 1. The van der Waals surface area contributed by atoms with Gasteiger partial charge in [-0.3, -0.25) is 0 Å². The predicted molar refractivity (Wildman–Crippen MR) is 70.9 cm³/mol. The maximum absolute atomic E-state index is 8.63. The minimum Gasteiger partial charge on any atom is -0.478 e. The molecule has 1 fully saturated rings. The van der Waals surface area contributed by atoms with E-state index in [2.05, 4.69) is 30.8 Å². The molecule has 0 saturated heterocycles. The molecule has 1 heterocycles. The van der Waals surface area contributed by atoms with Gasteiger partial charge in [-0.1, -0.05) is 13.8 Å². The Morgan fingerprint density at radius 2 is 2.28 bits per heavy atom. The van der Waals surface area contributed by atoms with Crippen molar-refractivity contribution in [3.63, 3.8) is 0 Å². The smallest absolute Gasteiger partial charge is 0.174 e. The standard InChI is InChI=1S/C14H19N3O/c1-10(2)12-9-16-14(17(3)11-4-5-11)8-13(12)18-7-6-15/h8-11H,4-5,7H2,1-3H3. The topological polar surface area (TPSA) is 49.2 Å². The molecular weight excluding hydrogens is 226 g/mol. The molecule has 1 aromatic rings. The summed E-state index contributed by atoms with van der Waals surface area (Å²) in [6.45, 7) is 4.28. The molecule has 0 aliphatic heterocycles. The van der Waals surface area contributed by atoms with E-state index in [0.29, 0.717) is 12.0 Å². The molecule has 0 spiro atoms. The SMILES string of the molecule is CC(C)c1cnc(N(C)C2CC2)cc1OCC#N. The van der Waals surface area contributed by atoms with Gasteiger partial charge in [-0.05, 0) is 18.8 Å². The Kier molecular flexibility index (Phi) is 3.71. The minimum atomic E-state index is 0.0797. The first-order valence-electron chi connectivity index (χ1n) is 6.36. The summed E-state index contributed by atoms with van der Waals surface area (Å²) in [5.74, 6) is 2.05. The molecule has 0 aromatic carbocycles. The average Bonchev–Trinajstić information content (AvgIpc) is 3.19. The lowest BCUT2D eigenvalue weighted by atomic mass is 10.0. The van der Waals surface area contributed by atoms with Gasteiger partial charge in [0, 0.05) is 30.9 Å². The fourth-order valence-corrected chi connectivity index (χ4v) is 1.95. The Balaban J connectivity index is 2.25. The summed E-state index contributed by atoms with van der Waals surface area (Å²) in [6, 6.07) is 4.58. The van der Waals surface area contributed by atoms with Gasteiger partial charge in [0.2, 0.25) is 0 Å². The second kappa shape index (κ2) is 5.26. The zero-order valence-electron chi connectivity index (χ0n) is 11.2. The molecule has 2 rings (SSSR count). The summed E-state index contributed by atoms with van der Waals surface area (Å²) in [4.78, 5) is 6.68. The van der Waals surface area contributed by atoms with Gasteiger partial charge in [-0.25, -0.2) is 4.98 Å². The first kappa shape index (κ1) is 12.7. The number of nitrogens with zero attached hydrogens (tertiary/aromatic N) is 3. The van der Waals surface area contributed by atoms with E-state index in [-0.39, 0.29) is 6.61 Å². The maximum Gasteiger partial charge on any atom is 0.174 e. The highest BCUT2D eigenvalue weighted by molar-refractivity contribution is 5.49. The van der Waals surface area contributed by atoms with E-state index in [1.807, 2.05) is 18.3 Å². The minimum absolute atomic E-state index is 0.0797. The fraction of sp³-hybridized carbons (Fsp3) is 0.571. The number of hydrogen-bond acceptors (Lipinski definition) is 4. The highest BCUT2D eigenvalue weighted by atomic mass is 16.5. The number of ether oxygens (including phenoxy) is 1. The second-order valence-corrected chi connectivity index (χ2v) is 5.02. The van der Waals surface area contributed by atoms with Crippen molar-refractivity contribution in [2.24, 2.45) is 0 Å². The molecule has 0 radical (unpaired) electrons. The Labute approximate surface area is 108 Å². The van der Waals surface area contributed by atoms with Gasteiger partial charge in [0.05, 0.1) is 0 Å². The van der Waals surface area contributed by atoms with E-state index in [1.54, 1.807) is 0 Å². The van der Waals surface area contributed by atoms with Crippen LogP contribution in [0.5, 0.6) is 5.75 Å². The first-order valence-corrected chi connectivity index (χ1v) is 6.36. The quantitative estimate of drug-likeness (QED) is 0.800. The fourth-order valence-electron chi connectivity index (χ4n) is 1.95. The normalized spacial score (nSPS) is 14.4. The third-order valence-electron chi connectivity index (χ3n) is 3.25. The maximum atomic E-state index is 8.63. The van der Waals surface area contributed by atoms with Crippen molar-refractivity contribution in [2.45, 2.75) is 38.6 Å². The Hall–Kier alpha value is -1.76. The van der Waals surface area contributed by atoms with E-state index in [9.17, 15) is 0 Å². The molecule has 0 amide bonds. The average molecular weight is 245 g/mol. The number of pyridine rings is 1. The molecule has 0 N–H and O–H groups in total. The molecule has 4 nitrogen and oxygen atoms in total. The summed E-state index contributed by atoms with van der Waals surface area (Å²) in [5, 5.41) is 8.63. The zero-order chi connectivity index (χ0) is 13.1. The monoisotopic (exact) mass is 245 g/mol. The van der Waals surface area contributed by atoms with E-state index in [4.69, 9.17) is 10.00 Å². The summed E-state index contributed by atoms with van der Waals surface area (Å²) < 4.78 is 5.51. The summed E-state index contributed by atoms with van der Waals surface area (Å²) >= 11 is 0. The summed E-state index contributed by atoms with van der Waals surface area (Å²) in [6.07, 6.45) is 4.34. The van der Waals surface area contributed by atoms with Crippen LogP contribution in [-0.2, 0) is 0 Å². The molecule has 96 valence electrons. The Bertz CT molecular complexity index is 461. The van der Waals surface area contributed by atoms with Crippen LogP contribution in [-0.4, -0.2) is 24.7 Å². The molecule has 1 aliphatic carbocycles. The molecule has 0 unspecified atom stereocenters. The lowest BCUT2D eigenvalue weighted by molar-refractivity contribution is 0.362. The van der Waals surface area contributed by atoms with Crippen LogP contribution in [0, 0.1) is 11.3 Å². The largest absolute Gasteiger partial charge is 0.478 e. The van der Waals surface area contributed by atoms with Crippen molar-refractivity contribution in [1.82, 2.24) is 4.98 Å². The van der Waals surface area contributed by atoms with E-state index in [1.165, 1.54) is 12.8 Å². The van der Waals surface area contributed by atoms with E-state index >= 15 is 0 Å². The van der Waals surface area contributed by atoms with Crippen LogP contribution in [0.4, 0.5) is 5.82 Å². The number of aromatic nitrogens is 1. The zero-order valence-corrected chi connectivity index (χ0v) is 11.2. The highest BCUT2D eigenvalue weighted by Crippen LogP contribution is 2.33. The van der Waals surface area contributed by atoms with Gasteiger partial charge >= 0.3 is 0 Å². The van der Waals surface area contributed by atoms with Crippen LogP contribution >= 0.6 is 0 Å². The Morgan fingerprint density at radius 3 is 2.83 bits per heavy atom.